The molecule has 0 aromatic rings. The first-order valence-electron chi connectivity index (χ1n) is 5.77. The van der Waals surface area contributed by atoms with Gasteiger partial charge in [0.05, 0.1) is 0 Å². The van der Waals surface area contributed by atoms with Crippen molar-refractivity contribution in [3.63, 3.8) is 0 Å². The lowest BCUT2D eigenvalue weighted by atomic mass is 10.3. The number of halogens is 4. The number of nitrogens with zero attached hydrogens (tertiary/aromatic N) is 2. The number of rotatable bonds is 5. The van der Waals surface area contributed by atoms with Gasteiger partial charge in [0.1, 0.15) is 0 Å². The zero-order valence-corrected chi connectivity index (χ0v) is 10.1. The van der Waals surface area contributed by atoms with E-state index in [-0.39, 0.29) is 19.6 Å². The molecule has 1 aliphatic heterocycles. The van der Waals surface area contributed by atoms with E-state index in [1.54, 1.807) is 4.90 Å². The van der Waals surface area contributed by atoms with Gasteiger partial charge in [-0.3, -0.25) is 14.5 Å². The SMILES string of the molecule is O=C(NCCN1CCN(C(=O)C(F)F)CC1)C(F)F. The monoisotopic (exact) mass is 285 g/mol. The van der Waals surface area contributed by atoms with Crippen LogP contribution in [0.4, 0.5) is 17.6 Å². The normalized spacial score (nSPS) is 17.1. The summed E-state index contributed by atoms with van der Waals surface area (Å²) in [6.07, 6.45) is -6.04. The molecule has 0 saturated carbocycles. The molecule has 0 aliphatic carbocycles. The van der Waals surface area contributed by atoms with Crippen molar-refractivity contribution >= 4 is 11.8 Å². The van der Waals surface area contributed by atoms with Crippen LogP contribution < -0.4 is 5.32 Å². The predicted octanol–water partition coefficient (Wildman–Crippen LogP) is -0.223. The molecule has 1 rings (SSSR count). The Hall–Kier alpha value is -1.38. The van der Waals surface area contributed by atoms with Gasteiger partial charge in [-0.1, -0.05) is 0 Å². The number of piperazine rings is 1. The smallest absolute Gasteiger partial charge is 0.315 e. The molecule has 1 fully saturated rings. The average Bonchev–Trinajstić information content (AvgIpc) is 2.38. The summed E-state index contributed by atoms with van der Waals surface area (Å²) in [6.45, 7) is 1.51. The van der Waals surface area contributed by atoms with Gasteiger partial charge in [-0.05, 0) is 0 Å². The van der Waals surface area contributed by atoms with Gasteiger partial charge < -0.3 is 10.2 Å². The maximum atomic E-state index is 12.2. The molecule has 0 spiro atoms. The van der Waals surface area contributed by atoms with E-state index in [9.17, 15) is 27.2 Å². The lowest BCUT2D eigenvalue weighted by molar-refractivity contribution is -0.144. The molecule has 0 aromatic carbocycles. The standard InChI is InChI=1S/C10H15F4N3O2/c11-7(12)9(18)15-1-2-16-3-5-17(6-4-16)10(19)8(13)14/h7-8H,1-6H2,(H,15,18). The molecule has 19 heavy (non-hydrogen) atoms. The molecule has 1 saturated heterocycles. The van der Waals surface area contributed by atoms with Crippen molar-refractivity contribution in [2.45, 2.75) is 12.9 Å². The van der Waals surface area contributed by atoms with E-state index < -0.39 is 24.7 Å². The van der Waals surface area contributed by atoms with Gasteiger partial charge in [-0.2, -0.15) is 17.6 Å². The largest absolute Gasteiger partial charge is 0.350 e. The fourth-order valence-corrected chi connectivity index (χ4v) is 1.74. The number of alkyl halides is 4. The Morgan fingerprint density at radius 3 is 2.05 bits per heavy atom. The first kappa shape index (κ1) is 15.7. The molecule has 1 aliphatic rings. The summed E-state index contributed by atoms with van der Waals surface area (Å²) in [4.78, 5) is 24.5. The summed E-state index contributed by atoms with van der Waals surface area (Å²) in [6, 6.07) is 0. The first-order valence-corrected chi connectivity index (χ1v) is 5.77. The van der Waals surface area contributed by atoms with Crippen molar-refractivity contribution in [2.75, 3.05) is 39.3 Å². The van der Waals surface area contributed by atoms with E-state index in [0.717, 1.165) is 4.90 Å². The van der Waals surface area contributed by atoms with Crippen molar-refractivity contribution < 1.29 is 27.2 Å². The van der Waals surface area contributed by atoms with Crippen LogP contribution in [0.5, 0.6) is 0 Å². The molecule has 9 heteroatoms. The second-order valence-corrected chi connectivity index (χ2v) is 4.06. The highest BCUT2D eigenvalue weighted by molar-refractivity contribution is 5.79. The van der Waals surface area contributed by atoms with Gasteiger partial charge in [-0.25, -0.2) is 0 Å². The number of hydrogen-bond acceptors (Lipinski definition) is 3. The van der Waals surface area contributed by atoms with Crippen LogP contribution in [0, 0.1) is 0 Å². The van der Waals surface area contributed by atoms with Gasteiger partial charge in [0.25, 0.3) is 11.8 Å². The lowest BCUT2D eigenvalue weighted by Gasteiger charge is -2.34. The molecule has 110 valence electrons. The van der Waals surface area contributed by atoms with E-state index in [2.05, 4.69) is 5.32 Å². The summed E-state index contributed by atoms with van der Waals surface area (Å²) < 4.78 is 48.0. The lowest BCUT2D eigenvalue weighted by Crippen LogP contribution is -2.51. The van der Waals surface area contributed by atoms with Gasteiger partial charge in [-0.15, -0.1) is 0 Å². The van der Waals surface area contributed by atoms with Crippen LogP contribution in [0.3, 0.4) is 0 Å². The summed E-state index contributed by atoms with van der Waals surface area (Å²) in [5.74, 6) is -2.52. The van der Waals surface area contributed by atoms with Gasteiger partial charge in [0.2, 0.25) is 0 Å². The molecule has 1 heterocycles. The Morgan fingerprint density at radius 1 is 1.00 bits per heavy atom. The highest BCUT2D eigenvalue weighted by Crippen LogP contribution is 2.06. The van der Waals surface area contributed by atoms with Crippen molar-refractivity contribution in [2.24, 2.45) is 0 Å². The predicted molar refractivity (Wildman–Crippen MR) is 58.0 cm³/mol. The summed E-state index contributed by atoms with van der Waals surface area (Å²) in [5, 5.41) is 2.05. The number of carbonyl (C=O) groups is 2. The Kier molecular flexibility index (Phi) is 6.00. The van der Waals surface area contributed by atoms with E-state index >= 15 is 0 Å². The minimum absolute atomic E-state index is 0.0615. The second kappa shape index (κ2) is 7.27. The number of nitrogens with one attached hydrogen (secondary N) is 1. The number of carbonyl (C=O) groups excluding carboxylic acids is 2. The third-order valence-electron chi connectivity index (χ3n) is 2.80. The van der Waals surface area contributed by atoms with Gasteiger partial charge in [0, 0.05) is 39.3 Å². The maximum Gasteiger partial charge on any atom is 0.315 e. The van der Waals surface area contributed by atoms with Gasteiger partial charge in [0.15, 0.2) is 0 Å². The van der Waals surface area contributed by atoms with E-state index in [1.165, 1.54) is 0 Å². The quantitative estimate of drug-likeness (QED) is 0.710. The fraction of sp³-hybridized carbons (Fsp3) is 0.800. The Labute approximate surface area is 107 Å². The summed E-state index contributed by atoms with van der Waals surface area (Å²) in [7, 11) is 0. The van der Waals surface area contributed by atoms with Crippen molar-refractivity contribution in [1.82, 2.24) is 15.1 Å². The molecule has 0 radical (unpaired) electrons. The fourth-order valence-electron chi connectivity index (χ4n) is 1.74. The van der Waals surface area contributed by atoms with E-state index in [0.29, 0.717) is 19.6 Å². The van der Waals surface area contributed by atoms with Crippen LogP contribution >= 0.6 is 0 Å². The molecule has 1 N–H and O–H groups in total. The average molecular weight is 285 g/mol. The Bertz CT molecular complexity index is 317. The third-order valence-corrected chi connectivity index (χ3v) is 2.80. The molecule has 0 unspecified atom stereocenters. The van der Waals surface area contributed by atoms with E-state index in [1.807, 2.05) is 0 Å². The molecule has 0 bridgehead atoms. The van der Waals surface area contributed by atoms with Crippen LogP contribution in [-0.4, -0.2) is 73.7 Å². The highest BCUT2D eigenvalue weighted by atomic mass is 19.3. The highest BCUT2D eigenvalue weighted by Gasteiger charge is 2.26. The van der Waals surface area contributed by atoms with Crippen LogP contribution in [0.2, 0.25) is 0 Å². The first-order chi connectivity index (χ1) is 8.91. The Balaban J connectivity index is 2.20. The zero-order valence-electron chi connectivity index (χ0n) is 10.1. The number of amides is 2. The molecule has 5 nitrogen and oxygen atoms in total. The topological polar surface area (TPSA) is 52.7 Å². The van der Waals surface area contributed by atoms with Crippen molar-refractivity contribution in [1.29, 1.82) is 0 Å². The summed E-state index contributed by atoms with van der Waals surface area (Å²) >= 11 is 0. The Morgan fingerprint density at radius 2 is 1.58 bits per heavy atom. The minimum atomic E-state index is -3.04. The van der Waals surface area contributed by atoms with Crippen LogP contribution in [0.15, 0.2) is 0 Å². The van der Waals surface area contributed by atoms with E-state index in [4.69, 9.17) is 0 Å². The second-order valence-electron chi connectivity index (χ2n) is 4.06. The minimum Gasteiger partial charge on any atom is -0.350 e. The van der Waals surface area contributed by atoms with Crippen LogP contribution in [0.25, 0.3) is 0 Å². The third kappa shape index (κ3) is 5.01. The van der Waals surface area contributed by atoms with Crippen molar-refractivity contribution in [3.05, 3.63) is 0 Å². The van der Waals surface area contributed by atoms with Gasteiger partial charge >= 0.3 is 12.9 Å². The van der Waals surface area contributed by atoms with Crippen LogP contribution in [0.1, 0.15) is 0 Å². The number of hydrogen-bond donors (Lipinski definition) is 1. The van der Waals surface area contributed by atoms with Crippen molar-refractivity contribution in [3.8, 4) is 0 Å². The molecule has 0 aromatic heterocycles. The molecule has 2 amide bonds. The zero-order chi connectivity index (χ0) is 14.4. The van der Waals surface area contributed by atoms with Crippen LogP contribution in [-0.2, 0) is 9.59 Å². The summed E-state index contributed by atoms with van der Waals surface area (Å²) in [5.41, 5.74) is 0. The maximum absolute atomic E-state index is 12.2. The molecular weight excluding hydrogens is 270 g/mol. The molecular formula is C10H15F4N3O2. The molecule has 0 atom stereocenters.